The number of rotatable bonds is 38. The van der Waals surface area contributed by atoms with E-state index in [0.717, 1.165) is 0 Å². The molecule has 0 fully saturated rings. The summed E-state index contributed by atoms with van der Waals surface area (Å²) < 4.78 is 0. The van der Waals surface area contributed by atoms with Crippen LogP contribution in [0.5, 0.6) is 0 Å². The summed E-state index contributed by atoms with van der Waals surface area (Å²) >= 11 is 1.33. The Morgan fingerprint density at radius 1 is 0.650 bits per heavy atom. The minimum absolute atomic E-state index is 0.000222. The normalized spacial score (nSPS) is 14.8. The molecule has 80 heavy (non-hydrogen) atoms. The summed E-state index contributed by atoms with van der Waals surface area (Å²) in [7, 11) is 0. The number of aliphatic hydroxyl groups is 1. The SMILES string of the molecule is CC[C@H](C)[C@H](NC(=O)[C@H](Cc1ccccc1)NC(=O)[C@H](CCCN=C(N)N)NC(=O)[C@H](CCSC)NC(=O)[C@H](Cc1cnc[nH]1)NC(=O)[C@@H](N)CC(=O)O)C(=O)N[C@@H](CO)C(=O)N[C@@H](CCC(=O)O)C(=O)N[C@@H](CC(C)C)C(=O)O. The van der Waals surface area contributed by atoms with E-state index in [1.165, 1.54) is 24.3 Å². The summed E-state index contributed by atoms with van der Waals surface area (Å²) in [6.45, 7) is 5.68. The first-order valence-electron chi connectivity index (χ1n) is 25.8. The van der Waals surface area contributed by atoms with Gasteiger partial charge in [0.25, 0.3) is 0 Å². The number of hydrogen-bond donors (Lipinski definition) is 16. The third kappa shape index (κ3) is 25.3. The molecule has 0 spiro atoms. The summed E-state index contributed by atoms with van der Waals surface area (Å²) in [6, 6.07) is -5.00. The van der Waals surface area contributed by atoms with Crippen molar-refractivity contribution >= 4 is 82.9 Å². The molecule has 0 aliphatic heterocycles. The number of carboxylic acid groups (broad SMARTS) is 3. The molecule has 0 aliphatic rings. The molecule has 0 saturated carbocycles. The summed E-state index contributed by atoms with van der Waals surface area (Å²) in [6.07, 6.45) is 2.48. The smallest absolute Gasteiger partial charge is 0.326 e. The van der Waals surface area contributed by atoms with Gasteiger partial charge in [0.2, 0.25) is 47.3 Å². The van der Waals surface area contributed by atoms with E-state index >= 15 is 0 Å². The van der Waals surface area contributed by atoms with Crippen molar-refractivity contribution in [3.63, 3.8) is 0 Å². The number of guanidine groups is 1. The lowest BCUT2D eigenvalue weighted by atomic mass is 9.96. The van der Waals surface area contributed by atoms with E-state index in [1.807, 2.05) is 0 Å². The van der Waals surface area contributed by atoms with Gasteiger partial charge in [-0.1, -0.05) is 64.4 Å². The Morgan fingerprint density at radius 3 is 1.68 bits per heavy atom. The number of aromatic amines is 1. The Kier molecular flexibility index (Phi) is 30.4. The Balaban J connectivity index is 2.51. The van der Waals surface area contributed by atoms with Crippen molar-refractivity contribution in [3.05, 3.63) is 54.1 Å². The predicted molar refractivity (Wildman–Crippen MR) is 292 cm³/mol. The van der Waals surface area contributed by atoms with E-state index in [-0.39, 0.29) is 63.4 Å². The molecule has 1 heterocycles. The number of aliphatic imine (C=N–C) groups is 1. The van der Waals surface area contributed by atoms with Crippen LogP contribution in [0.4, 0.5) is 0 Å². The zero-order valence-corrected chi connectivity index (χ0v) is 46.2. The minimum Gasteiger partial charge on any atom is -0.481 e. The number of thioether (sulfide) groups is 1. The molecule has 10 atom stereocenters. The van der Waals surface area contributed by atoms with Crippen LogP contribution in [0.25, 0.3) is 0 Å². The number of H-pyrrole nitrogens is 1. The molecule has 29 nitrogen and oxygen atoms in total. The van der Waals surface area contributed by atoms with Crippen molar-refractivity contribution in [1.82, 2.24) is 52.5 Å². The average Bonchev–Trinajstić information content (AvgIpc) is 3.92. The highest BCUT2D eigenvalue weighted by atomic mass is 32.2. The summed E-state index contributed by atoms with van der Waals surface area (Å²) in [4.78, 5) is 157. The van der Waals surface area contributed by atoms with Gasteiger partial charge in [-0.15, -0.1) is 0 Å². The van der Waals surface area contributed by atoms with E-state index in [2.05, 4.69) is 57.5 Å². The lowest BCUT2D eigenvalue weighted by molar-refractivity contribution is -0.143. The van der Waals surface area contributed by atoms with Crippen LogP contribution in [0.3, 0.4) is 0 Å². The minimum atomic E-state index is -1.78. The van der Waals surface area contributed by atoms with E-state index in [9.17, 15) is 73.2 Å². The average molecular weight is 1150 g/mol. The fourth-order valence-electron chi connectivity index (χ4n) is 7.72. The largest absolute Gasteiger partial charge is 0.481 e. The van der Waals surface area contributed by atoms with Crippen molar-refractivity contribution in [2.24, 2.45) is 34.0 Å². The molecule has 8 amide bonds. The van der Waals surface area contributed by atoms with Gasteiger partial charge in [-0.2, -0.15) is 11.8 Å². The molecular weight excluding hydrogens is 1070 g/mol. The fourth-order valence-corrected chi connectivity index (χ4v) is 8.19. The number of aliphatic carboxylic acids is 3. The zero-order valence-electron chi connectivity index (χ0n) is 45.4. The van der Waals surface area contributed by atoms with Gasteiger partial charge in [0, 0.05) is 37.7 Å². The van der Waals surface area contributed by atoms with Gasteiger partial charge >= 0.3 is 17.9 Å². The number of aromatic nitrogens is 2. The van der Waals surface area contributed by atoms with Gasteiger partial charge < -0.3 is 85.1 Å². The number of carbonyl (C=O) groups excluding carboxylic acids is 8. The number of carboxylic acids is 3. The van der Waals surface area contributed by atoms with Crippen LogP contribution >= 0.6 is 11.8 Å². The molecule has 0 unspecified atom stereocenters. The van der Waals surface area contributed by atoms with Crippen LogP contribution in [0, 0.1) is 11.8 Å². The number of hydrogen-bond acceptors (Lipinski definition) is 16. The molecule has 1 aromatic heterocycles. The van der Waals surface area contributed by atoms with Crippen LogP contribution in [-0.4, -0.2) is 181 Å². The highest BCUT2D eigenvalue weighted by molar-refractivity contribution is 7.98. The Morgan fingerprint density at radius 2 is 1.16 bits per heavy atom. The first kappa shape index (κ1) is 68.2. The number of nitrogens with one attached hydrogen (secondary N) is 9. The first-order chi connectivity index (χ1) is 37.8. The maximum atomic E-state index is 14.5. The summed E-state index contributed by atoms with van der Waals surface area (Å²) in [5.41, 5.74) is 17.8. The first-order valence-corrected chi connectivity index (χ1v) is 27.2. The molecule has 2 rings (SSSR count). The molecule has 0 aliphatic carbocycles. The summed E-state index contributed by atoms with van der Waals surface area (Å²) in [5.74, 6) is -12.5. The van der Waals surface area contributed by atoms with Crippen molar-refractivity contribution in [2.75, 3.05) is 25.2 Å². The third-order valence-electron chi connectivity index (χ3n) is 12.3. The molecule has 444 valence electrons. The van der Waals surface area contributed by atoms with Crippen molar-refractivity contribution in [3.8, 4) is 0 Å². The maximum absolute atomic E-state index is 14.5. The fraction of sp³-hybridized carbons (Fsp3) is 0.580. The standard InChI is InChI=1S/C50H78N14O15S/c1-6-27(4)40(48(77)63-37(24-65)47(76)58-32(14-15-38(66)67)43(72)62-36(49(78)79)19-26(2)3)64-46(75)34(20-28-11-8-7-9-12-28)61-42(71)31(13-10-17-55-50(52)53)57-44(73)33(16-18-80-5)59-45(74)35(21-29-23-54-25-56-29)60-41(70)30(51)22-39(68)69/h7-9,11-12,23,25-27,30-37,40,65H,6,10,13-22,24,51H2,1-5H3,(H,54,56)(H,57,73)(H,58,76)(H,59,74)(H,60,70)(H,61,71)(H,62,72)(H,63,77)(H,64,75)(H,66,67)(H,68,69)(H,78,79)(H4,52,53,55)/t27-,30-,31-,32-,33-,34-,35-,36-,37-,40-/m0/s1. The van der Waals surface area contributed by atoms with Crippen LogP contribution in [0.15, 0.2) is 47.8 Å². The lowest BCUT2D eigenvalue weighted by Gasteiger charge is -2.29. The van der Waals surface area contributed by atoms with E-state index in [4.69, 9.17) is 17.2 Å². The molecule has 19 N–H and O–H groups in total. The van der Waals surface area contributed by atoms with Crippen LogP contribution in [0.1, 0.15) is 90.3 Å². The quantitative estimate of drug-likeness (QED) is 0.0178. The van der Waals surface area contributed by atoms with E-state index in [0.29, 0.717) is 17.0 Å². The second-order valence-electron chi connectivity index (χ2n) is 19.3. The van der Waals surface area contributed by atoms with Crippen molar-refractivity contribution in [1.29, 1.82) is 0 Å². The molecule has 0 saturated heterocycles. The third-order valence-corrected chi connectivity index (χ3v) is 12.9. The molecule has 30 heteroatoms. The van der Waals surface area contributed by atoms with Crippen molar-refractivity contribution < 1.29 is 73.2 Å². The Bertz CT molecular complexity index is 2410. The number of benzene rings is 1. The van der Waals surface area contributed by atoms with Crippen LogP contribution in [0.2, 0.25) is 0 Å². The maximum Gasteiger partial charge on any atom is 0.326 e. The zero-order chi connectivity index (χ0) is 60.1. The van der Waals surface area contributed by atoms with Crippen LogP contribution in [-0.2, 0) is 65.6 Å². The summed E-state index contributed by atoms with van der Waals surface area (Å²) in [5, 5.41) is 58.5. The van der Waals surface area contributed by atoms with Gasteiger partial charge in [-0.05, 0) is 61.5 Å². The topological polar surface area (TPSA) is 484 Å². The van der Waals surface area contributed by atoms with Crippen LogP contribution < -0.4 is 59.7 Å². The number of nitrogens with zero attached hydrogens (tertiary/aromatic N) is 2. The second-order valence-corrected chi connectivity index (χ2v) is 20.3. The molecule has 1 aromatic carbocycles. The molecule has 2 aromatic rings. The number of amides is 8. The van der Waals surface area contributed by atoms with Gasteiger partial charge in [0.15, 0.2) is 5.96 Å². The van der Waals surface area contributed by atoms with Crippen molar-refractivity contribution in [2.45, 2.75) is 146 Å². The van der Waals surface area contributed by atoms with Gasteiger partial charge in [-0.3, -0.25) is 52.9 Å². The molecule has 0 radical (unpaired) electrons. The predicted octanol–water partition coefficient (Wildman–Crippen LogP) is -3.28. The highest BCUT2D eigenvalue weighted by Crippen LogP contribution is 2.14. The number of carbonyl (C=O) groups is 11. The van der Waals surface area contributed by atoms with Gasteiger partial charge in [0.05, 0.1) is 25.4 Å². The van der Waals surface area contributed by atoms with Gasteiger partial charge in [0.1, 0.15) is 48.3 Å². The van der Waals surface area contributed by atoms with E-state index in [1.54, 1.807) is 64.3 Å². The monoisotopic (exact) mass is 1150 g/mol. The molecule has 0 bridgehead atoms. The Labute approximate surface area is 466 Å². The number of imidazole rings is 1. The molecular formula is C50H78N14O15S. The highest BCUT2D eigenvalue weighted by Gasteiger charge is 2.37. The van der Waals surface area contributed by atoms with Gasteiger partial charge in [-0.25, -0.2) is 9.78 Å². The lowest BCUT2D eigenvalue weighted by Crippen LogP contribution is -2.62. The second kappa shape index (κ2) is 35.6. The number of nitrogens with two attached hydrogens (primary N) is 3. The van der Waals surface area contributed by atoms with E-state index < -0.39 is 151 Å². The number of aliphatic hydroxyl groups excluding tert-OH is 1. The Hall–Kier alpha value is -7.86.